The van der Waals surface area contributed by atoms with Crippen molar-refractivity contribution in [1.82, 2.24) is 24.6 Å². The van der Waals surface area contributed by atoms with Crippen LogP contribution < -0.4 is 4.74 Å². The number of ether oxygens (including phenoxy) is 1. The molecule has 1 aromatic carbocycles. The summed E-state index contributed by atoms with van der Waals surface area (Å²) in [5.74, 6) is 1.09. The molecule has 2 aromatic heterocycles. The number of benzene rings is 1. The zero-order valence-electron chi connectivity index (χ0n) is 14.4. The minimum Gasteiger partial charge on any atom is -0.437 e. The van der Waals surface area contributed by atoms with E-state index in [2.05, 4.69) is 15.1 Å². The Morgan fingerprint density at radius 3 is 2.81 bits per heavy atom. The summed E-state index contributed by atoms with van der Waals surface area (Å²) in [5, 5.41) is 4.09. The normalized spacial score (nSPS) is 16.7. The van der Waals surface area contributed by atoms with Crippen LogP contribution in [0.4, 0.5) is 0 Å². The summed E-state index contributed by atoms with van der Waals surface area (Å²) in [7, 11) is 1.77. The van der Waals surface area contributed by atoms with Gasteiger partial charge in [0.2, 0.25) is 5.88 Å². The fourth-order valence-electron chi connectivity index (χ4n) is 3.23. The van der Waals surface area contributed by atoms with E-state index in [-0.39, 0.29) is 11.9 Å². The molecule has 0 bridgehead atoms. The third-order valence-electron chi connectivity index (χ3n) is 4.49. The first-order valence-corrected chi connectivity index (χ1v) is 8.56. The van der Waals surface area contributed by atoms with E-state index in [4.69, 9.17) is 4.74 Å². The number of likely N-dealkylation sites (tertiary alicyclic amines) is 1. The molecule has 1 fully saturated rings. The summed E-state index contributed by atoms with van der Waals surface area (Å²) >= 11 is 0. The molecule has 7 heteroatoms. The van der Waals surface area contributed by atoms with Crippen molar-refractivity contribution in [3.05, 3.63) is 66.4 Å². The molecule has 132 valence electrons. The maximum absolute atomic E-state index is 12.9. The molecule has 3 aromatic rings. The van der Waals surface area contributed by atoms with Crippen molar-refractivity contribution in [2.45, 2.75) is 18.9 Å². The second kappa shape index (κ2) is 6.95. The van der Waals surface area contributed by atoms with Crippen molar-refractivity contribution in [2.75, 3.05) is 6.54 Å². The topological polar surface area (TPSA) is 73.1 Å². The third-order valence-corrected chi connectivity index (χ3v) is 4.49. The standard InChI is InChI=1S/C19H19N5O2/c1-23-17(9-10-21-23)19(25)24-11-5-8-16(24)15-12-20-13-18(22-15)26-14-6-3-2-4-7-14/h2-4,6-7,9-10,12-13,16H,5,8,11H2,1H3/t16-/m1/s1. The smallest absolute Gasteiger partial charge is 0.272 e. The monoisotopic (exact) mass is 349 g/mol. The third kappa shape index (κ3) is 3.15. The highest BCUT2D eigenvalue weighted by Crippen LogP contribution is 2.32. The second-order valence-corrected chi connectivity index (χ2v) is 6.19. The lowest BCUT2D eigenvalue weighted by Crippen LogP contribution is -2.32. The Labute approximate surface area is 151 Å². The van der Waals surface area contributed by atoms with Crippen LogP contribution in [0.3, 0.4) is 0 Å². The summed E-state index contributed by atoms with van der Waals surface area (Å²) in [5.41, 5.74) is 1.31. The lowest BCUT2D eigenvalue weighted by molar-refractivity contribution is 0.0721. The zero-order chi connectivity index (χ0) is 17.9. The van der Waals surface area contributed by atoms with Gasteiger partial charge in [-0.25, -0.2) is 4.98 Å². The number of aryl methyl sites for hydroxylation is 1. The highest BCUT2D eigenvalue weighted by Gasteiger charge is 2.33. The first-order valence-electron chi connectivity index (χ1n) is 8.56. The largest absolute Gasteiger partial charge is 0.437 e. The van der Waals surface area contributed by atoms with Gasteiger partial charge >= 0.3 is 0 Å². The van der Waals surface area contributed by atoms with Gasteiger partial charge in [-0.1, -0.05) is 18.2 Å². The van der Waals surface area contributed by atoms with Gasteiger partial charge < -0.3 is 9.64 Å². The van der Waals surface area contributed by atoms with Gasteiger partial charge in [0.05, 0.1) is 24.1 Å². The number of hydrogen-bond acceptors (Lipinski definition) is 5. The van der Waals surface area contributed by atoms with Crippen molar-refractivity contribution in [3.63, 3.8) is 0 Å². The van der Waals surface area contributed by atoms with Gasteiger partial charge in [-0.05, 0) is 31.0 Å². The van der Waals surface area contributed by atoms with Gasteiger partial charge in [-0.15, -0.1) is 0 Å². The average molecular weight is 349 g/mol. The lowest BCUT2D eigenvalue weighted by Gasteiger charge is -2.24. The molecular weight excluding hydrogens is 330 g/mol. The van der Waals surface area contributed by atoms with Crippen molar-refractivity contribution in [3.8, 4) is 11.6 Å². The molecule has 7 nitrogen and oxygen atoms in total. The van der Waals surface area contributed by atoms with E-state index in [0.29, 0.717) is 23.9 Å². The van der Waals surface area contributed by atoms with Crippen molar-refractivity contribution >= 4 is 5.91 Å². The molecule has 0 N–H and O–H groups in total. The van der Waals surface area contributed by atoms with Crippen LogP contribution in [0.25, 0.3) is 0 Å². The Kier molecular flexibility index (Phi) is 4.35. The number of para-hydroxylation sites is 1. The first kappa shape index (κ1) is 16.3. The Hall–Kier alpha value is -3.22. The summed E-state index contributed by atoms with van der Waals surface area (Å²) < 4.78 is 7.37. The van der Waals surface area contributed by atoms with Gasteiger partial charge in [0, 0.05) is 19.8 Å². The number of nitrogens with zero attached hydrogens (tertiary/aromatic N) is 5. The van der Waals surface area contributed by atoms with E-state index in [0.717, 1.165) is 18.5 Å². The quantitative estimate of drug-likeness (QED) is 0.724. The molecule has 1 aliphatic heterocycles. The molecule has 0 saturated carbocycles. The molecule has 26 heavy (non-hydrogen) atoms. The van der Waals surface area contributed by atoms with Crippen LogP contribution in [0, 0.1) is 0 Å². The SMILES string of the molecule is Cn1nccc1C(=O)N1CCC[C@@H]1c1cncc(Oc2ccccc2)n1. The maximum atomic E-state index is 12.9. The molecule has 0 unspecified atom stereocenters. The first-order chi connectivity index (χ1) is 12.7. The number of carbonyl (C=O) groups excluding carboxylic acids is 1. The number of rotatable bonds is 4. The van der Waals surface area contributed by atoms with Gasteiger partial charge in [0.1, 0.15) is 11.4 Å². The molecule has 0 spiro atoms. The Morgan fingerprint density at radius 2 is 2.04 bits per heavy atom. The van der Waals surface area contributed by atoms with Crippen molar-refractivity contribution in [2.24, 2.45) is 7.05 Å². The minimum atomic E-state index is -0.107. The number of hydrogen-bond donors (Lipinski definition) is 0. The van der Waals surface area contributed by atoms with E-state index >= 15 is 0 Å². The van der Waals surface area contributed by atoms with E-state index in [9.17, 15) is 4.79 Å². The van der Waals surface area contributed by atoms with Gasteiger partial charge in [-0.2, -0.15) is 5.10 Å². The molecule has 0 aliphatic carbocycles. The molecular formula is C19H19N5O2. The van der Waals surface area contributed by atoms with Gasteiger partial charge in [-0.3, -0.25) is 14.5 Å². The fraction of sp³-hybridized carbons (Fsp3) is 0.263. The summed E-state index contributed by atoms with van der Waals surface area (Å²) in [6, 6.07) is 11.1. The summed E-state index contributed by atoms with van der Waals surface area (Å²) in [6.07, 6.45) is 6.70. The van der Waals surface area contributed by atoms with Gasteiger partial charge in [0.25, 0.3) is 5.91 Å². The summed E-state index contributed by atoms with van der Waals surface area (Å²) in [4.78, 5) is 23.6. The molecule has 1 atom stereocenters. The van der Waals surface area contributed by atoms with E-state index in [1.54, 1.807) is 36.4 Å². The molecule has 4 rings (SSSR count). The number of carbonyl (C=O) groups is 1. The highest BCUT2D eigenvalue weighted by molar-refractivity contribution is 5.93. The number of aromatic nitrogens is 4. The van der Waals surface area contributed by atoms with E-state index < -0.39 is 0 Å². The van der Waals surface area contributed by atoms with Crippen LogP contribution in [0.2, 0.25) is 0 Å². The van der Waals surface area contributed by atoms with Crippen molar-refractivity contribution < 1.29 is 9.53 Å². The highest BCUT2D eigenvalue weighted by atomic mass is 16.5. The maximum Gasteiger partial charge on any atom is 0.272 e. The minimum absolute atomic E-state index is 0.0383. The van der Waals surface area contributed by atoms with Crippen molar-refractivity contribution in [1.29, 1.82) is 0 Å². The van der Waals surface area contributed by atoms with Crippen LogP contribution in [-0.4, -0.2) is 37.1 Å². The molecule has 1 aliphatic rings. The van der Waals surface area contributed by atoms with Crippen LogP contribution in [0.1, 0.15) is 35.1 Å². The molecule has 1 saturated heterocycles. The lowest BCUT2D eigenvalue weighted by atomic mass is 10.1. The van der Waals surface area contributed by atoms with Crippen LogP contribution in [0.15, 0.2) is 55.0 Å². The fourth-order valence-corrected chi connectivity index (χ4v) is 3.23. The van der Waals surface area contributed by atoms with E-state index in [1.165, 1.54) is 0 Å². The van der Waals surface area contributed by atoms with Gasteiger partial charge in [0.15, 0.2) is 0 Å². The zero-order valence-corrected chi connectivity index (χ0v) is 14.4. The Balaban J connectivity index is 1.57. The van der Waals surface area contributed by atoms with E-state index in [1.807, 2.05) is 35.2 Å². The predicted octanol–water partition coefficient (Wildman–Crippen LogP) is 2.98. The predicted molar refractivity (Wildman–Crippen MR) is 94.8 cm³/mol. The van der Waals surface area contributed by atoms with Crippen LogP contribution >= 0.6 is 0 Å². The molecule has 3 heterocycles. The average Bonchev–Trinajstić information content (AvgIpc) is 3.31. The van der Waals surface area contributed by atoms with Crippen LogP contribution in [-0.2, 0) is 7.05 Å². The Morgan fingerprint density at radius 1 is 1.19 bits per heavy atom. The molecule has 0 radical (unpaired) electrons. The second-order valence-electron chi connectivity index (χ2n) is 6.19. The number of amides is 1. The molecule has 1 amide bonds. The Bertz CT molecular complexity index is 909. The summed E-state index contributed by atoms with van der Waals surface area (Å²) in [6.45, 7) is 0.695. The van der Waals surface area contributed by atoms with Crippen LogP contribution in [0.5, 0.6) is 11.6 Å².